The largest absolute Gasteiger partial charge is 0.462 e. The minimum atomic E-state index is 0.0437. The Hall–Kier alpha value is -2.24. The van der Waals surface area contributed by atoms with Gasteiger partial charge in [0, 0.05) is 36.5 Å². The van der Waals surface area contributed by atoms with Crippen LogP contribution in [0.15, 0.2) is 23.3 Å². The Labute approximate surface area is 377 Å². The summed E-state index contributed by atoms with van der Waals surface area (Å²) in [6.45, 7) is 9.33. The summed E-state index contributed by atoms with van der Waals surface area (Å²) in [6.07, 6.45) is 40.5. The van der Waals surface area contributed by atoms with Crippen LogP contribution >= 0.6 is 0 Å². The van der Waals surface area contributed by atoms with Crippen LogP contribution < -0.4 is 0 Å². The zero-order valence-corrected chi connectivity index (χ0v) is 40.0. The number of ether oxygens (including phenoxy) is 2. The molecule has 0 bridgehead atoms. The van der Waals surface area contributed by atoms with Crippen LogP contribution in [0.5, 0.6) is 0 Å². The number of carbonyl (C=O) groups excluding carboxylic acids is 4. The second kappa shape index (κ2) is 22.3. The molecule has 348 valence electrons. The van der Waals surface area contributed by atoms with Crippen LogP contribution in [0.4, 0.5) is 0 Å². The van der Waals surface area contributed by atoms with E-state index in [1.807, 2.05) is 12.2 Å². The maximum absolute atomic E-state index is 12.6. The van der Waals surface area contributed by atoms with Crippen molar-refractivity contribution in [2.45, 2.75) is 245 Å². The van der Waals surface area contributed by atoms with Gasteiger partial charge in [-0.05, 0) is 162 Å². The summed E-state index contributed by atoms with van der Waals surface area (Å²) < 4.78 is 12.3. The van der Waals surface area contributed by atoms with E-state index >= 15 is 0 Å². The summed E-state index contributed by atoms with van der Waals surface area (Å²) in [5.41, 5.74) is 3.25. The number of hydrogen-bond acceptors (Lipinski definition) is 6. The van der Waals surface area contributed by atoms with E-state index in [0.717, 1.165) is 101 Å². The van der Waals surface area contributed by atoms with Crippen LogP contribution in [0.2, 0.25) is 0 Å². The molecule has 62 heavy (non-hydrogen) atoms. The van der Waals surface area contributed by atoms with Crippen LogP contribution in [0, 0.1) is 58.2 Å². The topological polar surface area (TPSA) is 86.7 Å². The first kappa shape index (κ1) is 47.7. The summed E-state index contributed by atoms with van der Waals surface area (Å²) in [7, 11) is 0. The first-order valence-corrected chi connectivity index (χ1v) is 26.9. The fraction of sp³-hybridized carbons (Fsp3) is 0.857. The zero-order valence-electron chi connectivity index (χ0n) is 40.0. The van der Waals surface area contributed by atoms with Crippen molar-refractivity contribution < 1.29 is 28.7 Å². The van der Waals surface area contributed by atoms with E-state index in [-0.39, 0.29) is 35.0 Å². The number of ketones is 2. The Kier molecular flexibility index (Phi) is 17.2. The van der Waals surface area contributed by atoms with Crippen molar-refractivity contribution in [3.8, 4) is 0 Å². The molecule has 8 aliphatic rings. The van der Waals surface area contributed by atoms with Crippen LogP contribution in [0.3, 0.4) is 0 Å². The average molecular weight is 857 g/mol. The van der Waals surface area contributed by atoms with E-state index in [2.05, 4.69) is 27.7 Å². The van der Waals surface area contributed by atoms with Crippen LogP contribution in [-0.2, 0) is 28.7 Å². The third-order valence-corrected chi connectivity index (χ3v) is 18.9. The fourth-order valence-electron chi connectivity index (χ4n) is 15.5. The highest BCUT2D eigenvalue weighted by Crippen LogP contribution is 2.64. The Morgan fingerprint density at radius 3 is 1.27 bits per heavy atom. The van der Waals surface area contributed by atoms with E-state index < -0.39 is 0 Å². The third-order valence-electron chi connectivity index (χ3n) is 18.9. The summed E-state index contributed by atoms with van der Waals surface area (Å²) in [5.74, 6) is 6.52. The lowest BCUT2D eigenvalue weighted by molar-refractivity contribution is -0.159. The Bertz CT molecular complexity index is 1480. The van der Waals surface area contributed by atoms with Gasteiger partial charge in [-0.15, -0.1) is 0 Å². The normalized spacial score (nSPS) is 36.9. The van der Waals surface area contributed by atoms with E-state index in [1.54, 1.807) is 0 Å². The molecule has 6 heteroatoms. The molecule has 6 saturated carbocycles. The van der Waals surface area contributed by atoms with Gasteiger partial charge in [0.25, 0.3) is 0 Å². The number of allylic oxidation sites excluding steroid dienone is 2. The van der Waals surface area contributed by atoms with Gasteiger partial charge in [0.1, 0.15) is 12.2 Å². The molecular formula is C56H88O6. The Morgan fingerprint density at radius 2 is 0.871 bits per heavy atom. The molecule has 8 rings (SSSR count). The maximum Gasteiger partial charge on any atom is 0.306 e. The quantitative estimate of drug-likeness (QED) is 0.101. The van der Waals surface area contributed by atoms with Gasteiger partial charge in [-0.2, -0.15) is 0 Å². The van der Waals surface area contributed by atoms with E-state index in [9.17, 15) is 19.2 Å². The molecule has 6 nitrogen and oxygen atoms in total. The molecule has 0 aromatic heterocycles. The second-order valence-electron chi connectivity index (χ2n) is 22.6. The van der Waals surface area contributed by atoms with Crippen molar-refractivity contribution >= 4 is 23.5 Å². The monoisotopic (exact) mass is 857 g/mol. The molecule has 0 aliphatic heterocycles. The molecule has 12 atom stereocenters. The molecule has 5 unspecified atom stereocenters. The zero-order chi connectivity index (χ0) is 43.7. The third kappa shape index (κ3) is 11.1. The smallest absolute Gasteiger partial charge is 0.306 e. The highest BCUT2D eigenvalue weighted by atomic mass is 16.5. The predicted octanol–water partition coefficient (Wildman–Crippen LogP) is 14.4. The van der Waals surface area contributed by atoms with Gasteiger partial charge >= 0.3 is 11.9 Å². The van der Waals surface area contributed by atoms with Crippen LogP contribution in [0.25, 0.3) is 0 Å². The van der Waals surface area contributed by atoms with E-state index in [0.29, 0.717) is 48.1 Å². The van der Waals surface area contributed by atoms with Crippen molar-refractivity contribution in [3.05, 3.63) is 23.3 Å². The highest BCUT2D eigenvalue weighted by molar-refractivity contribution is 5.91. The lowest BCUT2D eigenvalue weighted by Gasteiger charge is -2.53. The number of hydrogen-bond donors (Lipinski definition) is 0. The van der Waals surface area contributed by atoms with Gasteiger partial charge < -0.3 is 9.47 Å². The number of carbonyl (C=O) groups is 4. The van der Waals surface area contributed by atoms with Gasteiger partial charge in [0.05, 0.1) is 0 Å². The fourth-order valence-corrected chi connectivity index (χ4v) is 15.5. The lowest BCUT2D eigenvalue weighted by atomic mass is 9.52. The molecule has 0 amide bonds. The molecular weight excluding hydrogens is 769 g/mol. The van der Waals surface area contributed by atoms with Gasteiger partial charge in [0.2, 0.25) is 0 Å². The van der Waals surface area contributed by atoms with Crippen molar-refractivity contribution in [1.82, 2.24) is 0 Å². The first-order chi connectivity index (χ1) is 30.1. The summed E-state index contributed by atoms with van der Waals surface area (Å²) in [4.78, 5) is 49.0. The van der Waals surface area contributed by atoms with Gasteiger partial charge in [-0.1, -0.05) is 116 Å². The number of fused-ring (bicyclic) bond motifs is 10. The summed E-state index contributed by atoms with van der Waals surface area (Å²) >= 11 is 0. The molecule has 0 aromatic rings. The predicted molar refractivity (Wildman–Crippen MR) is 249 cm³/mol. The van der Waals surface area contributed by atoms with Gasteiger partial charge in [-0.3, -0.25) is 19.2 Å². The minimum absolute atomic E-state index is 0.0437. The average Bonchev–Trinajstić information content (AvgIpc) is 3.77. The SMILES string of the molecule is CCCCCCCCCC(=O)OC1CC[C@H]2[C@@H]3CCC4=CC(=O)CC[C@@H]4[C@H]3CC[C@]12C.CCCCCCCCCC(=O)O[C@H]1CCC2C3CCC4=CC(=O)CCC4C3CC[C@@]21C. The van der Waals surface area contributed by atoms with Crippen molar-refractivity contribution in [2.75, 3.05) is 0 Å². The van der Waals surface area contributed by atoms with Crippen molar-refractivity contribution in [2.24, 2.45) is 58.2 Å². The highest BCUT2D eigenvalue weighted by Gasteiger charge is 2.59. The molecule has 0 aromatic carbocycles. The second-order valence-corrected chi connectivity index (χ2v) is 22.6. The van der Waals surface area contributed by atoms with Gasteiger partial charge in [-0.25, -0.2) is 0 Å². The number of esters is 2. The molecule has 0 N–H and O–H groups in total. The van der Waals surface area contributed by atoms with Crippen molar-refractivity contribution in [1.29, 1.82) is 0 Å². The minimum Gasteiger partial charge on any atom is -0.462 e. The molecule has 0 heterocycles. The molecule has 8 aliphatic carbocycles. The number of unbranched alkanes of at least 4 members (excludes halogenated alkanes) is 12. The molecule has 0 radical (unpaired) electrons. The van der Waals surface area contributed by atoms with E-state index in [1.165, 1.54) is 127 Å². The van der Waals surface area contributed by atoms with Crippen molar-refractivity contribution in [3.63, 3.8) is 0 Å². The molecule has 0 spiro atoms. The summed E-state index contributed by atoms with van der Waals surface area (Å²) in [5, 5.41) is 0. The Balaban J connectivity index is 0.000000186. The molecule has 6 fully saturated rings. The van der Waals surface area contributed by atoms with Gasteiger partial charge in [0.15, 0.2) is 11.6 Å². The van der Waals surface area contributed by atoms with E-state index in [4.69, 9.17) is 9.47 Å². The summed E-state index contributed by atoms with van der Waals surface area (Å²) in [6, 6.07) is 0. The number of rotatable bonds is 18. The Morgan fingerprint density at radius 1 is 0.484 bits per heavy atom. The lowest BCUT2D eigenvalue weighted by Crippen LogP contribution is -2.48. The first-order valence-electron chi connectivity index (χ1n) is 26.9. The maximum atomic E-state index is 12.6. The standard InChI is InChI=1S/2C28H44O3/c2*1-3-4-5-6-7-8-9-10-27(30)31-26-16-15-25-24-13-11-20-19-21(29)12-14-22(20)23(24)17-18-28(25,26)2/h2*19,22-26H,3-18H2,1-2H3/t22?,23?,24?,25?,26-,28-;22-,23+,24+,25-,26?,28-/m00/s1. The van der Waals surface area contributed by atoms with Crippen LogP contribution in [0.1, 0.15) is 233 Å². The molecule has 0 saturated heterocycles. The van der Waals surface area contributed by atoms with Crippen LogP contribution in [-0.4, -0.2) is 35.7 Å².